The third kappa shape index (κ3) is 2.91. The highest BCUT2D eigenvalue weighted by Crippen LogP contribution is 2.45. The summed E-state index contributed by atoms with van der Waals surface area (Å²) in [5.41, 5.74) is 8.50. The molecule has 0 saturated carbocycles. The van der Waals surface area contributed by atoms with Gasteiger partial charge in [0, 0.05) is 5.92 Å². The summed E-state index contributed by atoms with van der Waals surface area (Å²) < 4.78 is 0. The van der Waals surface area contributed by atoms with Crippen molar-refractivity contribution in [1.82, 2.24) is 0 Å². The lowest BCUT2D eigenvalue weighted by atomic mass is 9.90. The fourth-order valence-electron chi connectivity index (χ4n) is 3.44. The van der Waals surface area contributed by atoms with Crippen molar-refractivity contribution in [2.45, 2.75) is 19.3 Å². The van der Waals surface area contributed by atoms with Gasteiger partial charge < -0.3 is 5.21 Å². The molecule has 0 radical (unpaired) electrons. The highest BCUT2D eigenvalue weighted by Gasteiger charge is 2.27. The number of benzene rings is 3. The van der Waals surface area contributed by atoms with Gasteiger partial charge in [0.25, 0.3) is 0 Å². The van der Waals surface area contributed by atoms with Gasteiger partial charge in [-0.3, -0.25) is 0 Å². The molecule has 3 N–H and O–H groups in total. The Hall–Kier alpha value is -2.42. The summed E-state index contributed by atoms with van der Waals surface area (Å²) in [6, 6.07) is 26.6. The molecule has 0 heterocycles. The van der Waals surface area contributed by atoms with Gasteiger partial charge in [-0.2, -0.15) is 0 Å². The lowest BCUT2D eigenvalue weighted by Gasteiger charge is -2.14. The minimum absolute atomic E-state index is 0.486. The molecule has 0 amide bonds. The summed E-state index contributed by atoms with van der Waals surface area (Å²) in [5.74, 6) is 3.99. The van der Waals surface area contributed by atoms with E-state index in [1.54, 1.807) is 0 Å². The highest BCUT2D eigenvalue weighted by molar-refractivity contribution is 5.78. The van der Waals surface area contributed by atoms with E-state index in [9.17, 15) is 0 Å². The third-order valence-corrected chi connectivity index (χ3v) is 4.52. The van der Waals surface area contributed by atoms with Crippen LogP contribution in [0.5, 0.6) is 0 Å². The van der Waals surface area contributed by atoms with E-state index >= 15 is 0 Å². The number of hydrogen-bond donors (Lipinski definition) is 2. The Balaban J connectivity index is 0.000000753. The molecule has 0 unspecified atom stereocenters. The quantitative estimate of drug-likeness (QED) is 0.675. The number of fused-ring (bicyclic) bond motifs is 3. The van der Waals surface area contributed by atoms with E-state index in [0.717, 1.165) is 6.42 Å². The smallest absolute Gasteiger partial charge is 0.0142 e. The molecule has 0 atom stereocenters. The first-order chi connectivity index (χ1) is 11.3. The third-order valence-electron chi connectivity index (χ3n) is 4.52. The molecule has 0 spiro atoms. The second kappa shape index (κ2) is 6.78. The lowest BCUT2D eigenvalue weighted by molar-refractivity contribution is 0.311. The summed E-state index contributed by atoms with van der Waals surface area (Å²) in [5, 5.41) is 6.50. The van der Waals surface area contributed by atoms with Crippen LogP contribution in [0.25, 0.3) is 11.1 Å². The minimum atomic E-state index is 0.486. The van der Waals surface area contributed by atoms with Crippen molar-refractivity contribution in [1.29, 1.82) is 0 Å². The molecule has 2 nitrogen and oxygen atoms in total. The maximum Gasteiger partial charge on any atom is 0.0142 e. The van der Waals surface area contributed by atoms with E-state index in [1.165, 1.54) is 33.4 Å². The number of hydrogen-bond acceptors (Lipinski definition) is 2. The molecular weight excluding hydrogens is 282 g/mol. The van der Waals surface area contributed by atoms with E-state index < -0.39 is 0 Å². The van der Waals surface area contributed by atoms with Gasteiger partial charge in [-0.05, 0) is 41.2 Å². The molecule has 1 aliphatic carbocycles. The van der Waals surface area contributed by atoms with Crippen molar-refractivity contribution >= 4 is 0 Å². The topological polar surface area (TPSA) is 46.2 Å². The molecular formula is C21H21NO. The minimum Gasteiger partial charge on any atom is -0.320 e. The van der Waals surface area contributed by atoms with Gasteiger partial charge in [-0.25, -0.2) is 5.90 Å². The van der Waals surface area contributed by atoms with Crippen molar-refractivity contribution in [3.05, 3.63) is 95.1 Å². The average molecular weight is 303 g/mol. The van der Waals surface area contributed by atoms with Gasteiger partial charge in [0.1, 0.15) is 0 Å². The summed E-state index contributed by atoms with van der Waals surface area (Å²) in [6.07, 6.45) is 1.08. The Kier molecular flexibility index (Phi) is 4.56. The van der Waals surface area contributed by atoms with Crippen LogP contribution in [0, 0.1) is 6.92 Å². The molecule has 0 aliphatic heterocycles. The van der Waals surface area contributed by atoms with Crippen LogP contribution in [-0.2, 0) is 6.42 Å². The van der Waals surface area contributed by atoms with Gasteiger partial charge in [0.05, 0.1) is 0 Å². The van der Waals surface area contributed by atoms with Crippen molar-refractivity contribution in [2.75, 3.05) is 0 Å². The zero-order valence-corrected chi connectivity index (χ0v) is 13.2. The normalized spacial score (nSPS) is 12.1. The molecule has 0 bridgehead atoms. The maximum atomic E-state index is 6.50. The maximum absolute atomic E-state index is 6.50. The first-order valence-corrected chi connectivity index (χ1v) is 7.82. The first-order valence-electron chi connectivity index (χ1n) is 7.82. The van der Waals surface area contributed by atoms with Gasteiger partial charge in [-0.15, -0.1) is 0 Å². The Morgan fingerprint density at radius 1 is 0.739 bits per heavy atom. The Morgan fingerprint density at radius 3 is 1.74 bits per heavy atom. The molecule has 0 aromatic heterocycles. The van der Waals surface area contributed by atoms with Crippen LogP contribution < -0.4 is 5.90 Å². The molecule has 3 aromatic carbocycles. The van der Waals surface area contributed by atoms with E-state index in [1.807, 2.05) is 0 Å². The number of rotatable bonds is 2. The van der Waals surface area contributed by atoms with Crippen molar-refractivity contribution < 1.29 is 5.21 Å². The van der Waals surface area contributed by atoms with Crippen molar-refractivity contribution in [2.24, 2.45) is 5.90 Å². The molecule has 2 heteroatoms. The SMILES string of the molecule is Cc1ccc(CC2c3ccccc3-c3ccccc32)cc1.NO. The molecule has 4 rings (SSSR count). The van der Waals surface area contributed by atoms with E-state index in [4.69, 9.17) is 5.21 Å². The Bertz CT molecular complexity index is 747. The summed E-state index contributed by atoms with van der Waals surface area (Å²) in [7, 11) is 0. The molecule has 23 heavy (non-hydrogen) atoms. The average Bonchev–Trinajstić information content (AvgIpc) is 2.93. The first kappa shape index (κ1) is 15.5. The van der Waals surface area contributed by atoms with Crippen molar-refractivity contribution in [3.63, 3.8) is 0 Å². The van der Waals surface area contributed by atoms with Crippen LogP contribution in [-0.4, -0.2) is 5.21 Å². The predicted octanol–water partition coefficient (Wildman–Crippen LogP) is 4.68. The molecule has 3 aromatic rings. The fourth-order valence-corrected chi connectivity index (χ4v) is 3.44. The summed E-state index contributed by atoms with van der Waals surface area (Å²) in [4.78, 5) is 0. The predicted molar refractivity (Wildman–Crippen MR) is 94.6 cm³/mol. The zero-order chi connectivity index (χ0) is 16.2. The van der Waals surface area contributed by atoms with Gasteiger partial charge in [-0.1, -0.05) is 78.4 Å². The van der Waals surface area contributed by atoms with E-state index in [0.29, 0.717) is 5.92 Å². The molecule has 0 fully saturated rings. The number of nitrogens with two attached hydrogens (primary N) is 1. The molecule has 1 aliphatic rings. The second-order valence-corrected chi connectivity index (χ2v) is 5.92. The van der Waals surface area contributed by atoms with Gasteiger partial charge in [0.2, 0.25) is 0 Å². The van der Waals surface area contributed by atoms with Crippen LogP contribution in [0.1, 0.15) is 28.2 Å². The largest absolute Gasteiger partial charge is 0.320 e. The van der Waals surface area contributed by atoms with E-state index in [2.05, 4.69) is 85.6 Å². The van der Waals surface area contributed by atoms with Crippen molar-refractivity contribution in [3.8, 4) is 11.1 Å². The fraction of sp³-hybridized carbons (Fsp3) is 0.143. The standard InChI is InChI=1S/C21H18.H3NO/c1-15-10-12-16(13-11-15)14-21-19-8-4-2-6-17(19)18-7-3-5-9-20(18)21;1-2/h2-13,21H,14H2,1H3;2H,1H2. The van der Waals surface area contributed by atoms with Crippen LogP contribution in [0.2, 0.25) is 0 Å². The summed E-state index contributed by atoms with van der Waals surface area (Å²) in [6.45, 7) is 2.14. The zero-order valence-electron chi connectivity index (χ0n) is 13.2. The molecule has 116 valence electrons. The highest BCUT2D eigenvalue weighted by atomic mass is 16.4. The van der Waals surface area contributed by atoms with Gasteiger partial charge in [0.15, 0.2) is 0 Å². The van der Waals surface area contributed by atoms with Crippen LogP contribution in [0.15, 0.2) is 72.8 Å². The Morgan fingerprint density at radius 2 is 1.22 bits per heavy atom. The lowest BCUT2D eigenvalue weighted by Crippen LogP contribution is -2.01. The monoisotopic (exact) mass is 303 g/mol. The Labute approximate surface area is 137 Å². The second-order valence-electron chi connectivity index (χ2n) is 5.92. The molecule has 0 saturated heterocycles. The van der Waals surface area contributed by atoms with Crippen LogP contribution >= 0.6 is 0 Å². The van der Waals surface area contributed by atoms with Crippen LogP contribution in [0.4, 0.5) is 0 Å². The van der Waals surface area contributed by atoms with E-state index in [-0.39, 0.29) is 0 Å². The van der Waals surface area contributed by atoms with Gasteiger partial charge >= 0.3 is 0 Å². The summed E-state index contributed by atoms with van der Waals surface area (Å²) >= 11 is 0. The number of aryl methyl sites for hydroxylation is 1. The van der Waals surface area contributed by atoms with Crippen LogP contribution in [0.3, 0.4) is 0 Å².